The summed E-state index contributed by atoms with van der Waals surface area (Å²) in [5.74, 6) is 4.68. The summed E-state index contributed by atoms with van der Waals surface area (Å²) in [5.41, 5.74) is 0. The second-order valence-corrected chi connectivity index (χ2v) is 15.2. The van der Waals surface area contributed by atoms with E-state index < -0.39 is 0 Å². The van der Waals surface area contributed by atoms with E-state index in [9.17, 15) is 0 Å². The van der Waals surface area contributed by atoms with Crippen LogP contribution in [0.15, 0.2) is 0 Å². The van der Waals surface area contributed by atoms with Gasteiger partial charge in [0.15, 0.2) is 0 Å². The van der Waals surface area contributed by atoms with Crippen molar-refractivity contribution in [1.29, 1.82) is 0 Å². The molecule has 155 valence electrons. The van der Waals surface area contributed by atoms with E-state index in [1.54, 1.807) is 0 Å². The van der Waals surface area contributed by atoms with Crippen molar-refractivity contribution in [2.24, 2.45) is 29.6 Å². The quantitative estimate of drug-likeness (QED) is 0.341. The summed E-state index contributed by atoms with van der Waals surface area (Å²) < 4.78 is 0. The Hall–Kier alpha value is 1.06. The van der Waals surface area contributed by atoms with Gasteiger partial charge in [-0.05, 0) is 29.6 Å². The Bertz CT molecular complexity index is 197. The third-order valence-electron chi connectivity index (χ3n) is 7.15. The molecule has 0 aromatic carbocycles. The van der Waals surface area contributed by atoms with Gasteiger partial charge in [-0.3, -0.25) is 0 Å². The third kappa shape index (κ3) is 12.2. The van der Waals surface area contributed by atoms with E-state index in [-0.39, 0.29) is 37.1 Å². The monoisotopic (exact) mass is 473 g/mol. The number of hydrogen-bond donors (Lipinski definition) is 0. The average molecular weight is 474 g/mol. The normalized spacial score (nSPS) is 28.0. The van der Waals surface area contributed by atoms with Crippen LogP contribution >= 0.6 is 0 Å². The molecule has 0 aromatic rings. The van der Waals surface area contributed by atoms with E-state index in [1.165, 1.54) is 36.3 Å². The van der Waals surface area contributed by atoms with Gasteiger partial charge in [-0.2, -0.15) is 0 Å². The Labute approximate surface area is 178 Å². The van der Waals surface area contributed by atoms with Crippen LogP contribution < -0.4 is 0 Å². The fourth-order valence-electron chi connectivity index (χ4n) is 3.89. The molecule has 0 heterocycles. The first-order valence-electron chi connectivity index (χ1n) is 10.9. The first-order valence-corrected chi connectivity index (χ1v) is 15.2. The maximum atomic E-state index is 2.40. The van der Waals surface area contributed by atoms with E-state index in [1.807, 2.05) is 0 Å². The summed E-state index contributed by atoms with van der Waals surface area (Å²) in [4.78, 5) is 0. The van der Waals surface area contributed by atoms with Crippen LogP contribution in [0, 0.1) is 29.6 Å². The second kappa shape index (κ2) is 18.4. The van der Waals surface area contributed by atoms with Crippen LogP contribution in [-0.4, -0.2) is 17.6 Å². The summed E-state index contributed by atoms with van der Waals surface area (Å²) in [7, 11) is 0.275. The predicted molar refractivity (Wildman–Crippen MR) is 120 cm³/mol. The number of hydrogen-bond acceptors (Lipinski definition) is 0. The van der Waals surface area contributed by atoms with E-state index in [0.29, 0.717) is 0 Å². The molecule has 0 amide bonds. The van der Waals surface area contributed by atoms with Crippen molar-refractivity contribution in [2.75, 3.05) is 0 Å². The van der Waals surface area contributed by atoms with Gasteiger partial charge in [-0.25, -0.2) is 0 Å². The Morgan fingerprint density at radius 3 is 0.560 bits per heavy atom. The molecule has 0 spiro atoms. The molecular weight excluding hydrogens is 423 g/mol. The molecule has 25 heavy (non-hydrogen) atoms. The van der Waals surface area contributed by atoms with Crippen molar-refractivity contribution < 1.29 is 19.5 Å². The zero-order valence-electron chi connectivity index (χ0n) is 19.5. The van der Waals surface area contributed by atoms with Crippen LogP contribution in [0.3, 0.4) is 0 Å². The first-order chi connectivity index (χ1) is 11.2. The van der Waals surface area contributed by atoms with Crippen LogP contribution in [-0.2, 0) is 19.5 Å². The minimum Gasteiger partial charge on any atom is -0.0680 e. The van der Waals surface area contributed by atoms with Crippen LogP contribution in [0.25, 0.3) is 0 Å². The summed E-state index contributed by atoms with van der Waals surface area (Å²) in [5, 5.41) is 0. The largest absolute Gasteiger partial charge is 0.0680 e. The van der Waals surface area contributed by atoms with E-state index in [0.717, 1.165) is 29.6 Å². The molecule has 1 aliphatic carbocycles. The molecule has 0 bridgehead atoms. The molecular formula is C22H50RhSi2. The Balaban J connectivity index is -0.000000293. The molecule has 3 heteroatoms. The molecule has 1 saturated carbocycles. The van der Waals surface area contributed by atoms with Crippen LogP contribution in [0.1, 0.15) is 76.2 Å². The number of rotatable bonds is 6. The first kappa shape index (κ1) is 30.8. The van der Waals surface area contributed by atoms with Crippen LogP contribution in [0.5, 0.6) is 0 Å². The Kier molecular flexibility index (Phi) is 22.7. The standard InChI is InChI=1S/C10H20.2C6H15Si.Rh/c1-6-7(2)9(4)10(5)8(6)3;2*1-4-7(5-2)6-3;/h6-10H,1-5H3;2*4-6H2,1-3H3;. The summed E-state index contributed by atoms with van der Waals surface area (Å²) in [6.07, 6.45) is 0. The Morgan fingerprint density at radius 1 is 0.400 bits per heavy atom. The van der Waals surface area contributed by atoms with Gasteiger partial charge in [-0.1, -0.05) is 112 Å². The molecule has 1 aliphatic rings. The third-order valence-corrected chi connectivity index (χ3v) is 13.1. The molecule has 1 rings (SSSR count). The van der Waals surface area contributed by atoms with Crippen molar-refractivity contribution >= 4 is 17.6 Å². The fourth-order valence-corrected chi connectivity index (χ4v) is 6.89. The maximum absolute atomic E-state index is 2.40. The zero-order valence-corrected chi connectivity index (χ0v) is 23.1. The maximum Gasteiger partial charge on any atom is 0.0470 e. The molecule has 0 atom stereocenters. The molecule has 3 radical (unpaired) electrons. The van der Waals surface area contributed by atoms with Gasteiger partial charge in [0.05, 0.1) is 0 Å². The fraction of sp³-hybridized carbons (Fsp3) is 1.00. The van der Waals surface area contributed by atoms with Crippen LogP contribution in [0.4, 0.5) is 0 Å². The van der Waals surface area contributed by atoms with Crippen LogP contribution in [0.2, 0.25) is 36.3 Å². The van der Waals surface area contributed by atoms with Gasteiger partial charge in [0.25, 0.3) is 0 Å². The molecule has 0 unspecified atom stereocenters. The van der Waals surface area contributed by atoms with Crippen molar-refractivity contribution in [3.63, 3.8) is 0 Å². The van der Waals surface area contributed by atoms with Crippen molar-refractivity contribution in [2.45, 2.75) is 112 Å². The molecule has 0 aliphatic heterocycles. The van der Waals surface area contributed by atoms with Crippen molar-refractivity contribution in [3.8, 4) is 0 Å². The van der Waals surface area contributed by atoms with E-state index >= 15 is 0 Å². The molecule has 0 nitrogen and oxygen atoms in total. The van der Waals surface area contributed by atoms with Gasteiger partial charge < -0.3 is 0 Å². The smallest absolute Gasteiger partial charge is 0.0470 e. The van der Waals surface area contributed by atoms with Gasteiger partial charge in [0, 0.05) is 37.1 Å². The molecule has 0 aromatic heterocycles. The Morgan fingerprint density at radius 2 is 0.520 bits per heavy atom. The van der Waals surface area contributed by atoms with Gasteiger partial charge in [0.2, 0.25) is 0 Å². The molecule has 0 saturated heterocycles. The van der Waals surface area contributed by atoms with Gasteiger partial charge >= 0.3 is 0 Å². The summed E-state index contributed by atoms with van der Waals surface area (Å²) in [6, 6.07) is 8.74. The SMILES string of the molecule is CC1C(C)C(C)C(C)C1C.CC[Si](CC)CC.CC[Si](CC)CC.[Rh]. The molecule has 0 N–H and O–H groups in total. The summed E-state index contributed by atoms with van der Waals surface area (Å²) in [6.45, 7) is 25.8. The topological polar surface area (TPSA) is 0 Å². The zero-order chi connectivity index (χ0) is 19.3. The van der Waals surface area contributed by atoms with E-state index in [2.05, 4.69) is 76.2 Å². The van der Waals surface area contributed by atoms with Crippen molar-refractivity contribution in [1.82, 2.24) is 0 Å². The second-order valence-electron chi connectivity index (χ2n) is 7.92. The summed E-state index contributed by atoms with van der Waals surface area (Å²) >= 11 is 0. The van der Waals surface area contributed by atoms with E-state index in [4.69, 9.17) is 0 Å². The average Bonchev–Trinajstić information content (AvgIpc) is 2.77. The van der Waals surface area contributed by atoms with Gasteiger partial charge in [-0.15, -0.1) is 0 Å². The van der Waals surface area contributed by atoms with Crippen molar-refractivity contribution in [3.05, 3.63) is 0 Å². The minimum atomic E-state index is 0. The predicted octanol–water partition coefficient (Wildman–Crippen LogP) is 8.26. The minimum absolute atomic E-state index is 0. The van der Waals surface area contributed by atoms with Gasteiger partial charge in [0.1, 0.15) is 0 Å². The molecule has 1 fully saturated rings.